The molecule has 1 saturated heterocycles. The number of piperazine rings is 1. The third kappa shape index (κ3) is 4.38. The van der Waals surface area contributed by atoms with Crippen LogP contribution in [0.5, 0.6) is 5.75 Å². The molecule has 0 unspecified atom stereocenters. The zero-order valence-electron chi connectivity index (χ0n) is 19.8. The van der Waals surface area contributed by atoms with Crippen molar-refractivity contribution in [1.29, 1.82) is 0 Å². The zero-order valence-corrected chi connectivity index (χ0v) is 19.8. The lowest BCUT2D eigenvalue weighted by Gasteiger charge is -2.52. The highest BCUT2D eigenvalue weighted by Crippen LogP contribution is 2.57. The van der Waals surface area contributed by atoms with E-state index in [0.717, 1.165) is 76.9 Å². The van der Waals surface area contributed by atoms with Gasteiger partial charge in [-0.2, -0.15) is 0 Å². The molecule has 1 aromatic heterocycles. The molecule has 2 aromatic rings. The minimum Gasteiger partial charge on any atom is -0.506 e. The van der Waals surface area contributed by atoms with Crippen molar-refractivity contribution < 1.29 is 14.3 Å². The molecule has 6 nitrogen and oxygen atoms in total. The van der Waals surface area contributed by atoms with Gasteiger partial charge in [0.25, 0.3) is 0 Å². The minimum absolute atomic E-state index is 0.172. The van der Waals surface area contributed by atoms with Crippen LogP contribution >= 0.6 is 0 Å². The van der Waals surface area contributed by atoms with E-state index >= 15 is 0 Å². The molecule has 6 rings (SSSR count). The zero-order chi connectivity index (χ0) is 23.6. The second-order valence-corrected chi connectivity index (χ2v) is 10.4. The third-order valence-electron chi connectivity index (χ3n) is 8.54. The number of anilines is 2. The lowest BCUT2D eigenvalue weighted by molar-refractivity contribution is -0.138. The summed E-state index contributed by atoms with van der Waals surface area (Å²) < 4.78 is 13.7. The number of rotatable bonds is 7. The predicted octanol–water partition coefficient (Wildman–Crippen LogP) is 4.25. The van der Waals surface area contributed by atoms with Crippen molar-refractivity contribution >= 4 is 17.4 Å². The van der Waals surface area contributed by atoms with Crippen LogP contribution in [-0.4, -0.2) is 66.8 Å². The summed E-state index contributed by atoms with van der Waals surface area (Å²) in [5, 5.41) is 10.2. The SMILES string of the molecule is O=C(N(CCN1CCN(c2ccccc2O)CC1)c1ccccn1)C12CCC(CF)(CC1)CC2. The number of halogens is 1. The third-order valence-corrected chi connectivity index (χ3v) is 8.54. The second-order valence-electron chi connectivity index (χ2n) is 10.4. The van der Waals surface area contributed by atoms with Gasteiger partial charge in [-0.05, 0) is 68.2 Å². The molecule has 0 spiro atoms. The monoisotopic (exact) mass is 466 g/mol. The van der Waals surface area contributed by atoms with Crippen LogP contribution in [0.4, 0.5) is 15.9 Å². The minimum atomic E-state index is -0.363. The number of phenolic OH excluding ortho intramolecular Hbond substituents is 1. The quantitative estimate of drug-likeness (QED) is 0.661. The number of amides is 1. The molecule has 1 amide bonds. The molecular formula is C27H35FN4O2. The lowest BCUT2D eigenvalue weighted by atomic mass is 9.53. The number of aromatic hydroxyl groups is 1. The van der Waals surface area contributed by atoms with E-state index in [0.29, 0.717) is 18.1 Å². The molecule has 4 fully saturated rings. The first-order chi connectivity index (χ1) is 16.5. The Kier molecular flexibility index (Phi) is 6.47. The Bertz CT molecular complexity index is 969. The molecule has 4 aliphatic rings. The molecule has 3 saturated carbocycles. The maximum Gasteiger partial charge on any atom is 0.234 e. The number of fused-ring (bicyclic) bond motifs is 3. The summed E-state index contributed by atoms with van der Waals surface area (Å²) in [6, 6.07) is 13.2. The highest BCUT2D eigenvalue weighted by Gasteiger charge is 2.53. The largest absolute Gasteiger partial charge is 0.506 e. The molecular weight excluding hydrogens is 431 g/mol. The van der Waals surface area contributed by atoms with E-state index in [9.17, 15) is 14.3 Å². The highest BCUT2D eigenvalue weighted by molar-refractivity contribution is 5.97. The molecule has 1 aliphatic heterocycles. The smallest absolute Gasteiger partial charge is 0.234 e. The maximum absolute atomic E-state index is 14.0. The summed E-state index contributed by atoms with van der Waals surface area (Å²) in [5.41, 5.74) is 0.341. The molecule has 0 radical (unpaired) electrons. The first kappa shape index (κ1) is 23.1. The van der Waals surface area contributed by atoms with Gasteiger partial charge in [-0.3, -0.25) is 19.0 Å². The number of aromatic nitrogens is 1. The highest BCUT2D eigenvalue weighted by atomic mass is 19.1. The van der Waals surface area contributed by atoms with E-state index in [1.807, 2.05) is 41.3 Å². The van der Waals surface area contributed by atoms with Crippen molar-refractivity contribution in [2.24, 2.45) is 10.8 Å². The number of carbonyl (C=O) groups is 1. The number of para-hydroxylation sites is 2. The second kappa shape index (κ2) is 9.53. The predicted molar refractivity (Wildman–Crippen MR) is 132 cm³/mol. The van der Waals surface area contributed by atoms with Gasteiger partial charge in [0.05, 0.1) is 12.4 Å². The van der Waals surface area contributed by atoms with E-state index in [2.05, 4.69) is 14.8 Å². The van der Waals surface area contributed by atoms with Gasteiger partial charge in [0.2, 0.25) is 5.91 Å². The summed E-state index contributed by atoms with van der Waals surface area (Å²) in [6.45, 7) is 4.55. The van der Waals surface area contributed by atoms with Crippen molar-refractivity contribution in [3.05, 3.63) is 48.7 Å². The van der Waals surface area contributed by atoms with Crippen LogP contribution in [0.25, 0.3) is 0 Å². The fourth-order valence-corrected chi connectivity index (χ4v) is 6.09. The van der Waals surface area contributed by atoms with Crippen molar-refractivity contribution in [2.45, 2.75) is 38.5 Å². The van der Waals surface area contributed by atoms with Crippen LogP contribution in [-0.2, 0) is 4.79 Å². The summed E-state index contributed by atoms with van der Waals surface area (Å²) in [4.78, 5) is 25.0. The summed E-state index contributed by atoms with van der Waals surface area (Å²) in [7, 11) is 0. The molecule has 3 aliphatic carbocycles. The number of benzene rings is 1. The number of alkyl halides is 1. The van der Waals surface area contributed by atoms with Gasteiger partial charge >= 0.3 is 0 Å². The van der Waals surface area contributed by atoms with E-state index in [1.54, 1.807) is 12.3 Å². The van der Waals surface area contributed by atoms with Crippen LogP contribution in [0.3, 0.4) is 0 Å². The Morgan fingerprint density at radius 2 is 1.65 bits per heavy atom. The van der Waals surface area contributed by atoms with E-state index in [4.69, 9.17) is 0 Å². The van der Waals surface area contributed by atoms with Crippen LogP contribution < -0.4 is 9.80 Å². The lowest BCUT2D eigenvalue weighted by Crippen LogP contribution is -2.54. The Morgan fingerprint density at radius 3 is 2.26 bits per heavy atom. The number of nitrogens with zero attached hydrogens (tertiary/aromatic N) is 4. The fraction of sp³-hybridized carbons (Fsp3) is 0.556. The summed E-state index contributed by atoms with van der Waals surface area (Å²) >= 11 is 0. The van der Waals surface area contributed by atoms with Gasteiger partial charge < -0.3 is 10.0 Å². The molecule has 2 bridgehead atoms. The average Bonchev–Trinajstić information content (AvgIpc) is 2.91. The molecule has 0 atom stereocenters. The van der Waals surface area contributed by atoms with E-state index in [-0.39, 0.29) is 23.4 Å². The van der Waals surface area contributed by atoms with Crippen molar-refractivity contribution in [1.82, 2.24) is 9.88 Å². The van der Waals surface area contributed by atoms with E-state index in [1.165, 1.54) is 0 Å². The van der Waals surface area contributed by atoms with Crippen molar-refractivity contribution in [2.75, 3.05) is 55.7 Å². The van der Waals surface area contributed by atoms with Crippen LogP contribution in [0.1, 0.15) is 38.5 Å². The van der Waals surface area contributed by atoms with Gasteiger partial charge in [0, 0.05) is 50.9 Å². The first-order valence-electron chi connectivity index (χ1n) is 12.6. The first-order valence-corrected chi connectivity index (χ1v) is 12.6. The Morgan fingerprint density at radius 1 is 0.971 bits per heavy atom. The Hall–Kier alpha value is -2.67. The number of hydrogen-bond donors (Lipinski definition) is 1. The van der Waals surface area contributed by atoms with Crippen LogP contribution in [0.2, 0.25) is 0 Å². The number of carbonyl (C=O) groups excluding carboxylic acids is 1. The summed E-state index contributed by atoms with van der Waals surface area (Å²) in [5.74, 6) is 1.20. The van der Waals surface area contributed by atoms with Crippen molar-refractivity contribution in [3.63, 3.8) is 0 Å². The van der Waals surface area contributed by atoms with Gasteiger partial charge in [0.1, 0.15) is 11.6 Å². The van der Waals surface area contributed by atoms with Gasteiger partial charge in [-0.1, -0.05) is 18.2 Å². The van der Waals surface area contributed by atoms with Gasteiger partial charge in [-0.15, -0.1) is 0 Å². The molecule has 1 aromatic carbocycles. The van der Waals surface area contributed by atoms with Crippen molar-refractivity contribution in [3.8, 4) is 5.75 Å². The molecule has 34 heavy (non-hydrogen) atoms. The molecule has 182 valence electrons. The maximum atomic E-state index is 14.0. The van der Waals surface area contributed by atoms with Crippen LogP contribution in [0, 0.1) is 10.8 Å². The number of phenols is 1. The summed E-state index contributed by atoms with van der Waals surface area (Å²) in [6.07, 6.45) is 6.57. The topological polar surface area (TPSA) is 59.9 Å². The standard InChI is InChI=1S/C27H35FN4O2/c28-21-26-8-11-27(12-9-26,13-10-26)25(34)32(24-7-3-4-14-29-24)20-17-30-15-18-31(19-16-30)22-5-1-2-6-23(22)33/h1-7,14,33H,8-13,15-21H2. The number of hydrogen-bond acceptors (Lipinski definition) is 5. The molecule has 1 N–H and O–H groups in total. The molecule has 2 heterocycles. The normalized spacial score (nSPS) is 27.0. The van der Waals surface area contributed by atoms with Gasteiger partial charge in [-0.25, -0.2) is 4.98 Å². The Labute approximate surface area is 201 Å². The number of pyridine rings is 1. The van der Waals surface area contributed by atoms with Crippen LogP contribution in [0.15, 0.2) is 48.7 Å². The Balaban J connectivity index is 1.24. The fourth-order valence-electron chi connectivity index (χ4n) is 6.09. The van der Waals surface area contributed by atoms with Gasteiger partial charge in [0.15, 0.2) is 0 Å². The van der Waals surface area contributed by atoms with E-state index < -0.39 is 0 Å². The molecule has 7 heteroatoms. The average molecular weight is 467 g/mol.